The number of hydrogen-bond acceptors (Lipinski definition) is 6. The molecule has 0 aliphatic heterocycles. The molecule has 1 atom stereocenters. The van der Waals surface area contributed by atoms with Crippen LogP contribution in [0, 0.1) is 0 Å². The largest absolute Gasteiger partial charge is 0.514 e. The van der Waals surface area contributed by atoms with Crippen LogP contribution in [0.15, 0.2) is 146 Å². The smallest absolute Gasteiger partial charge is 0.479 e. The Morgan fingerprint density at radius 2 is 0.967 bits per heavy atom. The Morgan fingerprint density at radius 1 is 0.517 bits per heavy atom. The van der Waals surface area contributed by atoms with Crippen LogP contribution in [0.5, 0.6) is 11.5 Å². The van der Waals surface area contributed by atoms with Gasteiger partial charge in [-0.3, -0.25) is 0 Å². The van der Waals surface area contributed by atoms with Gasteiger partial charge in [-0.25, -0.2) is 9.59 Å². The maximum absolute atomic E-state index is 13.2. The first-order valence-electron chi connectivity index (χ1n) is 21.4. The van der Waals surface area contributed by atoms with Gasteiger partial charge in [0.25, 0.3) is 0 Å². The van der Waals surface area contributed by atoms with Gasteiger partial charge >= 0.3 is 12.1 Å². The summed E-state index contributed by atoms with van der Waals surface area (Å²) >= 11 is 0. The maximum Gasteiger partial charge on any atom is 0.514 e. The van der Waals surface area contributed by atoms with Gasteiger partial charge in [0, 0.05) is 11.6 Å². The quantitative estimate of drug-likeness (QED) is 0.0490. The molecule has 6 heteroatoms. The fraction of sp³-hybridized carbons (Fsp3) is 0.296. The van der Waals surface area contributed by atoms with E-state index < -0.39 is 23.8 Å². The number of hydrogen-bond donors (Lipinski definition) is 0. The monoisotopic (exact) mass is 802 g/mol. The third kappa shape index (κ3) is 12.7. The van der Waals surface area contributed by atoms with E-state index in [0.29, 0.717) is 17.9 Å². The van der Waals surface area contributed by atoms with Crippen molar-refractivity contribution in [3.8, 4) is 67.1 Å². The van der Waals surface area contributed by atoms with E-state index >= 15 is 0 Å². The molecule has 0 radical (unpaired) electrons. The zero-order valence-corrected chi connectivity index (χ0v) is 35.7. The molecule has 60 heavy (non-hydrogen) atoms. The van der Waals surface area contributed by atoms with Crippen molar-refractivity contribution in [2.24, 2.45) is 0 Å². The van der Waals surface area contributed by atoms with Gasteiger partial charge in [-0.1, -0.05) is 161 Å². The summed E-state index contributed by atoms with van der Waals surface area (Å²) in [5.74, 6) is 0.159. The summed E-state index contributed by atoms with van der Waals surface area (Å²) in [5.41, 5.74) is 9.31. The highest BCUT2D eigenvalue weighted by atomic mass is 16.7. The van der Waals surface area contributed by atoms with Crippen LogP contribution in [0.3, 0.4) is 0 Å². The van der Waals surface area contributed by atoms with Gasteiger partial charge in [0.15, 0.2) is 6.10 Å². The van der Waals surface area contributed by atoms with Crippen molar-refractivity contribution in [3.05, 3.63) is 146 Å². The zero-order chi connectivity index (χ0) is 42.3. The fourth-order valence-electron chi connectivity index (χ4n) is 7.13. The Hall–Kier alpha value is -6.14. The van der Waals surface area contributed by atoms with Crippen LogP contribution in [0.4, 0.5) is 4.79 Å². The lowest BCUT2D eigenvalue weighted by Gasteiger charge is -2.21. The van der Waals surface area contributed by atoms with E-state index in [4.69, 9.17) is 18.9 Å². The van der Waals surface area contributed by atoms with Gasteiger partial charge in [0.1, 0.15) is 17.1 Å². The van der Waals surface area contributed by atoms with Gasteiger partial charge in [-0.2, -0.15) is 0 Å². The first-order chi connectivity index (χ1) is 29.1. The Morgan fingerprint density at radius 3 is 1.47 bits per heavy atom. The summed E-state index contributed by atoms with van der Waals surface area (Å²) in [6.07, 6.45) is 7.57. The first kappa shape index (κ1) is 43.4. The molecule has 0 saturated carbocycles. The highest BCUT2D eigenvalue weighted by Gasteiger charge is 2.23. The molecule has 6 nitrogen and oxygen atoms in total. The van der Waals surface area contributed by atoms with E-state index in [-0.39, 0.29) is 5.75 Å². The van der Waals surface area contributed by atoms with Crippen LogP contribution in [-0.4, -0.2) is 30.4 Å². The van der Waals surface area contributed by atoms with Gasteiger partial charge in [-0.15, -0.1) is 0 Å². The predicted molar refractivity (Wildman–Crippen MR) is 244 cm³/mol. The topological polar surface area (TPSA) is 71.1 Å². The standard InChI is InChI=1S/C54H58O6/c1-6-7-8-9-10-11-12-19-34-57-52(55)39(2)58-49-32-33-50(51(38-49)59-53(56)60-54(3,4)5)48-36-46(44-28-24-42(25-29-44)40-20-15-13-16-21-40)35-47(37-48)45-30-26-43(27-31-45)41-22-17-14-18-23-41/h13-18,20-33,35-39H,6-12,19,34H2,1-5H3. The Labute approximate surface area is 356 Å². The number of benzene rings is 6. The minimum absolute atomic E-state index is 0.239. The number of carbonyl (C=O) groups is 2. The summed E-state index contributed by atoms with van der Waals surface area (Å²) in [7, 11) is 0. The van der Waals surface area contributed by atoms with Crippen LogP contribution >= 0.6 is 0 Å². The summed E-state index contributed by atoms with van der Waals surface area (Å²) in [6.45, 7) is 9.61. The first-order valence-corrected chi connectivity index (χ1v) is 21.4. The predicted octanol–water partition coefficient (Wildman–Crippen LogP) is 14.8. The SMILES string of the molecule is CCCCCCCCCCOC(=O)C(C)Oc1ccc(-c2cc(-c3ccc(-c4ccccc4)cc3)cc(-c3ccc(-c4ccccc4)cc3)c2)c(OC(=O)OC(C)(C)C)c1. The molecule has 0 fully saturated rings. The number of carbonyl (C=O) groups excluding carboxylic acids is 2. The molecule has 0 aliphatic rings. The van der Waals surface area contributed by atoms with E-state index in [9.17, 15) is 9.59 Å². The lowest BCUT2D eigenvalue weighted by Crippen LogP contribution is -2.27. The van der Waals surface area contributed by atoms with Crippen LogP contribution in [-0.2, 0) is 14.3 Å². The van der Waals surface area contributed by atoms with Crippen molar-refractivity contribution < 1.29 is 28.5 Å². The molecular formula is C54H58O6. The van der Waals surface area contributed by atoms with Crippen LogP contribution in [0.25, 0.3) is 55.6 Å². The van der Waals surface area contributed by atoms with E-state index in [0.717, 1.165) is 69.3 Å². The van der Waals surface area contributed by atoms with Crippen LogP contribution < -0.4 is 9.47 Å². The third-order valence-electron chi connectivity index (χ3n) is 10.3. The number of esters is 1. The average molecular weight is 803 g/mol. The molecule has 0 aliphatic carbocycles. The molecule has 0 aromatic heterocycles. The van der Waals surface area contributed by atoms with Crippen LogP contribution in [0.2, 0.25) is 0 Å². The summed E-state index contributed by atoms with van der Waals surface area (Å²) in [5, 5.41) is 0. The Balaban J connectivity index is 1.30. The lowest BCUT2D eigenvalue weighted by molar-refractivity contribution is -0.151. The third-order valence-corrected chi connectivity index (χ3v) is 10.3. The second-order valence-electron chi connectivity index (χ2n) is 16.3. The summed E-state index contributed by atoms with van der Waals surface area (Å²) in [6, 6.07) is 49.4. The number of ether oxygens (including phenoxy) is 4. The molecule has 6 rings (SSSR count). The van der Waals surface area contributed by atoms with Gasteiger partial charge in [-0.05, 0) is 115 Å². The summed E-state index contributed by atoms with van der Waals surface area (Å²) < 4.78 is 23.2. The van der Waals surface area contributed by atoms with Gasteiger partial charge in [0.2, 0.25) is 0 Å². The molecule has 0 N–H and O–H groups in total. The van der Waals surface area contributed by atoms with Crippen molar-refractivity contribution in [2.45, 2.75) is 97.7 Å². The molecule has 0 bridgehead atoms. The lowest BCUT2D eigenvalue weighted by atomic mass is 9.91. The second-order valence-corrected chi connectivity index (χ2v) is 16.3. The zero-order valence-electron chi connectivity index (χ0n) is 35.7. The molecule has 6 aromatic rings. The van der Waals surface area contributed by atoms with Crippen molar-refractivity contribution in [3.63, 3.8) is 0 Å². The minimum Gasteiger partial charge on any atom is -0.479 e. The van der Waals surface area contributed by atoms with Crippen LogP contribution in [0.1, 0.15) is 86.0 Å². The molecule has 310 valence electrons. The fourth-order valence-corrected chi connectivity index (χ4v) is 7.13. The molecule has 0 amide bonds. The van der Waals surface area contributed by atoms with E-state index in [1.807, 2.05) is 42.5 Å². The molecule has 0 saturated heterocycles. The van der Waals surface area contributed by atoms with Gasteiger partial charge < -0.3 is 18.9 Å². The number of rotatable bonds is 18. The average Bonchev–Trinajstić information content (AvgIpc) is 3.25. The van der Waals surface area contributed by atoms with Crippen molar-refractivity contribution in [1.29, 1.82) is 0 Å². The summed E-state index contributed by atoms with van der Waals surface area (Å²) in [4.78, 5) is 26.2. The Bertz CT molecular complexity index is 2170. The van der Waals surface area contributed by atoms with E-state index in [1.54, 1.807) is 39.8 Å². The van der Waals surface area contributed by atoms with E-state index in [2.05, 4.69) is 97.9 Å². The highest BCUT2D eigenvalue weighted by Crippen LogP contribution is 2.40. The van der Waals surface area contributed by atoms with Crippen molar-refractivity contribution >= 4 is 12.1 Å². The maximum atomic E-state index is 13.2. The van der Waals surface area contributed by atoms with Gasteiger partial charge in [0.05, 0.1) is 6.61 Å². The molecule has 6 aromatic carbocycles. The molecule has 0 spiro atoms. The Kier molecular flexibility index (Phi) is 15.4. The number of unbranched alkanes of at least 4 members (excludes halogenated alkanes) is 7. The highest BCUT2D eigenvalue weighted by molar-refractivity contribution is 5.85. The molecular weight excluding hydrogens is 745 g/mol. The van der Waals surface area contributed by atoms with Crippen molar-refractivity contribution in [2.75, 3.05) is 6.61 Å². The minimum atomic E-state index is -0.869. The molecule has 1 unspecified atom stereocenters. The van der Waals surface area contributed by atoms with E-state index in [1.165, 1.54) is 32.1 Å². The molecule has 0 heterocycles. The van der Waals surface area contributed by atoms with Crippen molar-refractivity contribution in [1.82, 2.24) is 0 Å². The second kappa shape index (κ2) is 21.2. The normalized spacial score (nSPS) is 11.8.